The Morgan fingerprint density at radius 1 is 1.25 bits per heavy atom. The zero-order chi connectivity index (χ0) is 10.7. The van der Waals surface area contributed by atoms with E-state index in [1.807, 2.05) is 30.1 Å². The highest BCUT2D eigenvalue weighted by Crippen LogP contribution is 2.03. The van der Waals surface area contributed by atoms with Crippen LogP contribution in [0.15, 0.2) is 30.7 Å². The molecule has 2 heterocycles. The molecule has 5 heteroatoms. The van der Waals surface area contributed by atoms with E-state index in [2.05, 4.69) is 16.1 Å². The van der Waals surface area contributed by atoms with E-state index in [9.17, 15) is 0 Å². The van der Waals surface area contributed by atoms with E-state index in [4.69, 9.17) is 5.73 Å². The molecule has 0 aliphatic heterocycles. The normalized spacial score (nSPS) is 9.88. The zero-order valence-corrected chi connectivity index (χ0v) is 9.94. The molecular weight excluding hydrogens is 224 g/mol. The Bertz CT molecular complexity index is 436. The molecule has 16 heavy (non-hydrogen) atoms. The molecule has 0 atom stereocenters. The minimum absolute atomic E-state index is 0. The topological polar surface area (TPSA) is 56.7 Å². The average Bonchev–Trinajstić information content (AvgIpc) is 2.69. The maximum Gasteiger partial charge on any atom is 0.0674 e. The van der Waals surface area contributed by atoms with E-state index in [-0.39, 0.29) is 12.4 Å². The predicted octanol–water partition coefficient (Wildman–Crippen LogP) is 1.52. The summed E-state index contributed by atoms with van der Waals surface area (Å²) in [7, 11) is 0. The molecule has 2 aromatic heterocycles. The van der Waals surface area contributed by atoms with Crippen LogP contribution in [-0.2, 0) is 13.1 Å². The third kappa shape index (κ3) is 3.05. The third-order valence-electron chi connectivity index (χ3n) is 2.24. The van der Waals surface area contributed by atoms with Crippen molar-refractivity contribution in [2.45, 2.75) is 20.0 Å². The van der Waals surface area contributed by atoms with Crippen molar-refractivity contribution >= 4 is 12.4 Å². The summed E-state index contributed by atoms with van der Waals surface area (Å²) in [4.78, 5) is 4.24. The van der Waals surface area contributed by atoms with E-state index in [0.29, 0.717) is 6.54 Å². The lowest BCUT2D eigenvalue weighted by molar-refractivity contribution is 0.683. The van der Waals surface area contributed by atoms with Crippen molar-refractivity contribution in [2.75, 3.05) is 0 Å². The fourth-order valence-corrected chi connectivity index (χ4v) is 1.38. The fourth-order valence-electron chi connectivity index (χ4n) is 1.38. The van der Waals surface area contributed by atoms with Crippen LogP contribution in [0, 0.1) is 6.92 Å². The molecule has 0 spiro atoms. The number of rotatable bonds is 3. The Morgan fingerprint density at radius 2 is 2.06 bits per heavy atom. The number of nitrogens with two attached hydrogens (primary N) is 1. The lowest BCUT2D eigenvalue weighted by Gasteiger charge is -2.01. The summed E-state index contributed by atoms with van der Waals surface area (Å²) in [6.45, 7) is 3.25. The second-order valence-corrected chi connectivity index (χ2v) is 3.56. The van der Waals surface area contributed by atoms with Crippen LogP contribution >= 0.6 is 12.4 Å². The smallest absolute Gasteiger partial charge is 0.0674 e. The monoisotopic (exact) mass is 238 g/mol. The van der Waals surface area contributed by atoms with Crippen molar-refractivity contribution in [3.8, 4) is 0 Å². The van der Waals surface area contributed by atoms with E-state index >= 15 is 0 Å². The Kier molecular flexibility index (Phi) is 4.46. The molecule has 0 saturated heterocycles. The van der Waals surface area contributed by atoms with Crippen LogP contribution in [0.5, 0.6) is 0 Å². The second-order valence-electron chi connectivity index (χ2n) is 3.56. The molecule has 86 valence electrons. The van der Waals surface area contributed by atoms with Gasteiger partial charge in [0.2, 0.25) is 0 Å². The first kappa shape index (κ1) is 12.7. The van der Waals surface area contributed by atoms with Gasteiger partial charge in [-0.25, -0.2) is 0 Å². The van der Waals surface area contributed by atoms with E-state index < -0.39 is 0 Å². The van der Waals surface area contributed by atoms with Crippen LogP contribution in [0.1, 0.15) is 16.8 Å². The fraction of sp³-hybridized carbons (Fsp3) is 0.273. The molecule has 0 unspecified atom stereocenters. The minimum atomic E-state index is 0. The van der Waals surface area contributed by atoms with Crippen LogP contribution in [-0.4, -0.2) is 14.8 Å². The second kappa shape index (κ2) is 5.63. The molecule has 2 aromatic rings. The highest BCUT2D eigenvalue weighted by molar-refractivity contribution is 5.85. The Morgan fingerprint density at radius 3 is 2.62 bits per heavy atom. The summed E-state index contributed by atoms with van der Waals surface area (Å²) in [5.74, 6) is 0. The molecule has 0 aliphatic carbocycles. The van der Waals surface area contributed by atoms with Crippen LogP contribution in [0.2, 0.25) is 0 Å². The summed E-state index contributed by atoms with van der Waals surface area (Å²) in [6, 6.07) is 4.06. The Balaban J connectivity index is 0.00000128. The number of hydrogen-bond donors (Lipinski definition) is 1. The summed E-state index contributed by atoms with van der Waals surface area (Å²) >= 11 is 0. The van der Waals surface area contributed by atoms with E-state index in [1.165, 1.54) is 0 Å². The maximum absolute atomic E-state index is 5.51. The van der Waals surface area contributed by atoms with Gasteiger partial charge in [0.25, 0.3) is 0 Å². The molecule has 0 radical (unpaired) electrons. The number of nitrogens with zero attached hydrogens (tertiary/aromatic N) is 3. The number of aromatic nitrogens is 3. The number of pyridine rings is 1. The van der Waals surface area contributed by atoms with Gasteiger partial charge in [-0.2, -0.15) is 5.10 Å². The molecule has 0 saturated carbocycles. The van der Waals surface area contributed by atoms with Crippen molar-refractivity contribution in [1.29, 1.82) is 0 Å². The van der Waals surface area contributed by atoms with Crippen LogP contribution in [0.4, 0.5) is 0 Å². The first-order chi connectivity index (χ1) is 7.28. The molecule has 2 rings (SSSR count). The quantitative estimate of drug-likeness (QED) is 0.882. The van der Waals surface area contributed by atoms with Gasteiger partial charge in [0.05, 0.1) is 12.7 Å². The van der Waals surface area contributed by atoms with Gasteiger partial charge in [-0.1, -0.05) is 6.07 Å². The molecule has 2 N–H and O–H groups in total. The molecule has 0 amide bonds. The molecular formula is C11H15ClN4. The van der Waals surface area contributed by atoms with E-state index in [0.717, 1.165) is 23.4 Å². The number of halogens is 1. The van der Waals surface area contributed by atoms with Gasteiger partial charge in [-0.15, -0.1) is 12.4 Å². The first-order valence-corrected chi connectivity index (χ1v) is 4.91. The van der Waals surface area contributed by atoms with Crippen LogP contribution in [0.25, 0.3) is 0 Å². The summed E-state index contributed by atoms with van der Waals surface area (Å²) in [5, 5.41) is 4.21. The van der Waals surface area contributed by atoms with Crippen molar-refractivity contribution < 1.29 is 0 Å². The number of aryl methyl sites for hydroxylation is 1. The van der Waals surface area contributed by atoms with Crippen LogP contribution < -0.4 is 5.73 Å². The summed E-state index contributed by atoms with van der Waals surface area (Å²) in [5.41, 5.74) is 8.74. The molecule has 0 aliphatic rings. The minimum Gasteiger partial charge on any atom is -0.326 e. The van der Waals surface area contributed by atoms with Gasteiger partial charge in [0.15, 0.2) is 0 Å². The lowest BCUT2D eigenvalue weighted by atomic mass is 10.2. The molecule has 0 bridgehead atoms. The number of hydrogen-bond acceptors (Lipinski definition) is 3. The van der Waals surface area contributed by atoms with Gasteiger partial charge in [0.1, 0.15) is 0 Å². The zero-order valence-electron chi connectivity index (χ0n) is 9.13. The third-order valence-corrected chi connectivity index (χ3v) is 2.24. The molecule has 0 aromatic carbocycles. The Labute approximate surface area is 101 Å². The largest absolute Gasteiger partial charge is 0.326 e. The average molecular weight is 239 g/mol. The van der Waals surface area contributed by atoms with Gasteiger partial charge in [-0.05, 0) is 18.6 Å². The highest BCUT2D eigenvalue weighted by atomic mass is 35.5. The van der Waals surface area contributed by atoms with Gasteiger partial charge >= 0.3 is 0 Å². The van der Waals surface area contributed by atoms with Gasteiger partial charge in [-0.3, -0.25) is 9.67 Å². The van der Waals surface area contributed by atoms with Crippen molar-refractivity contribution in [3.05, 3.63) is 47.5 Å². The van der Waals surface area contributed by atoms with Gasteiger partial charge in [0, 0.05) is 30.2 Å². The predicted molar refractivity (Wildman–Crippen MR) is 65.4 cm³/mol. The lowest BCUT2D eigenvalue weighted by Crippen LogP contribution is -2.01. The Hall–Kier alpha value is -1.39. The highest BCUT2D eigenvalue weighted by Gasteiger charge is 1.98. The van der Waals surface area contributed by atoms with E-state index in [1.54, 1.807) is 6.20 Å². The van der Waals surface area contributed by atoms with Crippen molar-refractivity contribution in [2.24, 2.45) is 5.73 Å². The summed E-state index contributed by atoms with van der Waals surface area (Å²) < 4.78 is 1.87. The van der Waals surface area contributed by atoms with Crippen molar-refractivity contribution in [3.63, 3.8) is 0 Å². The SMILES string of the molecule is Cc1ccc(Cn2cc(CN)cn2)cn1.Cl. The van der Waals surface area contributed by atoms with Crippen molar-refractivity contribution in [1.82, 2.24) is 14.8 Å². The molecule has 0 fully saturated rings. The standard InChI is InChI=1S/C11H14N4.ClH/c1-9-2-3-10(5-13-9)7-15-8-11(4-12)6-14-15;/h2-3,5-6,8H,4,7,12H2,1H3;1H. The van der Waals surface area contributed by atoms with Gasteiger partial charge < -0.3 is 5.73 Å². The molecule has 4 nitrogen and oxygen atoms in total. The van der Waals surface area contributed by atoms with Crippen LogP contribution in [0.3, 0.4) is 0 Å². The summed E-state index contributed by atoms with van der Waals surface area (Å²) in [6.07, 6.45) is 5.63. The first-order valence-electron chi connectivity index (χ1n) is 4.91. The maximum atomic E-state index is 5.51.